The Labute approximate surface area is 73.4 Å². The predicted octanol–water partition coefficient (Wildman–Crippen LogP) is 2.93. The number of alkyl halides is 1. The van der Waals surface area contributed by atoms with Crippen LogP contribution in [0.5, 0.6) is 0 Å². The van der Waals surface area contributed by atoms with E-state index in [-0.39, 0.29) is 5.38 Å². The predicted molar refractivity (Wildman–Crippen MR) is 49.0 cm³/mol. The quantitative estimate of drug-likeness (QED) is 0.262. The van der Waals surface area contributed by atoms with Crippen molar-refractivity contribution >= 4 is 17.9 Å². The number of carbonyl (C=O) groups excluding carboxylic acids is 1. The third-order valence-corrected chi connectivity index (χ3v) is 1.72. The van der Waals surface area contributed by atoms with Gasteiger partial charge in [-0.3, -0.25) is 0 Å². The molecule has 0 N–H and O–H groups in total. The lowest BCUT2D eigenvalue weighted by molar-refractivity contribution is -0.107. The lowest BCUT2D eigenvalue weighted by Crippen LogP contribution is -1.97. The number of rotatable bonds is 6. The van der Waals surface area contributed by atoms with Crippen LogP contribution in [0.1, 0.15) is 32.6 Å². The van der Waals surface area contributed by atoms with Gasteiger partial charge in [0.05, 0.1) is 5.38 Å². The van der Waals surface area contributed by atoms with Gasteiger partial charge in [0.2, 0.25) is 0 Å². The third kappa shape index (κ3) is 7.60. The van der Waals surface area contributed by atoms with Crippen molar-refractivity contribution in [2.75, 3.05) is 0 Å². The van der Waals surface area contributed by atoms with Gasteiger partial charge < -0.3 is 4.79 Å². The van der Waals surface area contributed by atoms with Crippen LogP contribution in [0.4, 0.5) is 0 Å². The van der Waals surface area contributed by atoms with Crippen LogP contribution in [-0.4, -0.2) is 11.7 Å². The second kappa shape index (κ2) is 7.80. The van der Waals surface area contributed by atoms with Gasteiger partial charge in [0, 0.05) is 0 Å². The lowest BCUT2D eigenvalue weighted by Gasteiger charge is -1.97. The average Bonchev–Trinajstić information content (AvgIpc) is 2.04. The molecule has 2 heteroatoms. The molecule has 64 valence electrons. The molecule has 0 aliphatic heterocycles. The molecular formula is C9H15ClO. The molecule has 0 aliphatic carbocycles. The highest BCUT2D eigenvalue weighted by atomic mass is 35.5. The summed E-state index contributed by atoms with van der Waals surface area (Å²) in [6, 6.07) is 0. The van der Waals surface area contributed by atoms with E-state index in [2.05, 4.69) is 19.1 Å². The molecule has 0 aromatic carbocycles. The molecule has 0 spiro atoms. The van der Waals surface area contributed by atoms with E-state index in [1.54, 1.807) is 0 Å². The number of hydrogen-bond donors (Lipinski definition) is 0. The molecule has 0 aromatic heterocycles. The maximum absolute atomic E-state index is 10.1. The van der Waals surface area contributed by atoms with Gasteiger partial charge in [0.25, 0.3) is 0 Å². The van der Waals surface area contributed by atoms with Crippen LogP contribution in [0.2, 0.25) is 0 Å². The van der Waals surface area contributed by atoms with Gasteiger partial charge in [-0.15, -0.1) is 11.6 Å². The second-order valence-electron chi connectivity index (χ2n) is 2.46. The molecule has 0 aliphatic rings. The zero-order valence-electron chi connectivity index (χ0n) is 6.92. The van der Waals surface area contributed by atoms with Gasteiger partial charge in [0.15, 0.2) is 0 Å². The van der Waals surface area contributed by atoms with Crippen molar-refractivity contribution < 1.29 is 4.79 Å². The van der Waals surface area contributed by atoms with E-state index in [0.717, 1.165) is 32.0 Å². The van der Waals surface area contributed by atoms with Crippen LogP contribution in [0.3, 0.4) is 0 Å². The summed E-state index contributed by atoms with van der Waals surface area (Å²) in [5.41, 5.74) is 0. The Bertz CT molecular complexity index is 121. The molecule has 0 heterocycles. The molecule has 1 nitrogen and oxygen atoms in total. The number of hydrogen-bond acceptors (Lipinski definition) is 1. The fourth-order valence-corrected chi connectivity index (χ4v) is 0.938. The molecule has 0 bridgehead atoms. The first-order valence-electron chi connectivity index (χ1n) is 4.05. The molecule has 0 fully saturated rings. The summed E-state index contributed by atoms with van der Waals surface area (Å²) in [5.74, 6) is 0. The van der Waals surface area contributed by atoms with Crippen LogP contribution < -0.4 is 0 Å². The maximum atomic E-state index is 10.1. The first-order chi connectivity index (χ1) is 5.31. The van der Waals surface area contributed by atoms with Crippen molar-refractivity contribution in [3.8, 4) is 0 Å². The van der Waals surface area contributed by atoms with E-state index in [0.29, 0.717) is 0 Å². The number of aldehydes is 1. The summed E-state index contributed by atoms with van der Waals surface area (Å²) in [7, 11) is 0. The minimum atomic E-state index is -0.287. The number of carbonyl (C=O) groups is 1. The fraction of sp³-hybridized carbons (Fsp3) is 0.667. The van der Waals surface area contributed by atoms with Crippen molar-refractivity contribution in [2.45, 2.75) is 38.0 Å². The van der Waals surface area contributed by atoms with Crippen LogP contribution in [0.25, 0.3) is 0 Å². The van der Waals surface area contributed by atoms with Crippen LogP contribution in [-0.2, 0) is 4.79 Å². The molecule has 0 radical (unpaired) electrons. The smallest absolute Gasteiger partial charge is 0.137 e. The van der Waals surface area contributed by atoms with Crippen molar-refractivity contribution in [1.29, 1.82) is 0 Å². The highest BCUT2D eigenvalue weighted by Crippen LogP contribution is 2.05. The van der Waals surface area contributed by atoms with E-state index < -0.39 is 0 Å². The molecule has 0 saturated heterocycles. The standard InChI is InChI=1S/C9H15ClO/c1-2-3-4-5-6-7-9(10)8-11/h3-4,8-9H,2,5-7H2,1H3/b4-3-/t9-/m0/s1. The zero-order chi connectivity index (χ0) is 8.53. The Balaban J connectivity index is 3.13. The van der Waals surface area contributed by atoms with E-state index in [1.807, 2.05) is 0 Å². The topological polar surface area (TPSA) is 17.1 Å². The summed E-state index contributed by atoms with van der Waals surface area (Å²) in [6.45, 7) is 2.10. The van der Waals surface area contributed by atoms with Crippen LogP contribution >= 0.6 is 11.6 Å². The van der Waals surface area contributed by atoms with Gasteiger partial charge in [-0.05, 0) is 25.7 Å². The molecule has 11 heavy (non-hydrogen) atoms. The second-order valence-corrected chi connectivity index (χ2v) is 3.02. The largest absolute Gasteiger partial charge is 0.302 e. The monoisotopic (exact) mass is 174 g/mol. The van der Waals surface area contributed by atoms with Gasteiger partial charge in [-0.1, -0.05) is 19.1 Å². The first-order valence-corrected chi connectivity index (χ1v) is 4.49. The molecule has 0 aromatic rings. The molecule has 0 rings (SSSR count). The lowest BCUT2D eigenvalue weighted by atomic mass is 10.2. The summed E-state index contributed by atoms with van der Waals surface area (Å²) >= 11 is 5.59. The zero-order valence-corrected chi connectivity index (χ0v) is 7.68. The highest BCUT2D eigenvalue weighted by Gasteiger charge is 1.98. The van der Waals surface area contributed by atoms with Crippen LogP contribution in [0, 0.1) is 0 Å². The fourth-order valence-electron chi connectivity index (χ4n) is 0.783. The summed E-state index contributed by atoms with van der Waals surface area (Å²) in [4.78, 5) is 10.1. The van der Waals surface area contributed by atoms with Crippen molar-refractivity contribution in [1.82, 2.24) is 0 Å². The normalized spacial score (nSPS) is 13.6. The van der Waals surface area contributed by atoms with Gasteiger partial charge in [-0.25, -0.2) is 0 Å². The van der Waals surface area contributed by atoms with Gasteiger partial charge in [-0.2, -0.15) is 0 Å². The minimum Gasteiger partial charge on any atom is -0.302 e. The van der Waals surface area contributed by atoms with Crippen LogP contribution in [0.15, 0.2) is 12.2 Å². The SMILES string of the molecule is CC/C=C\CCC[C@H](Cl)C=O. The Morgan fingerprint density at radius 2 is 2.18 bits per heavy atom. The maximum Gasteiger partial charge on any atom is 0.137 e. The molecule has 1 atom stereocenters. The van der Waals surface area contributed by atoms with E-state index >= 15 is 0 Å². The van der Waals surface area contributed by atoms with E-state index in [1.165, 1.54) is 0 Å². The highest BCUT2D eigenvalue weighted by molar-refractivity contribution is 6.27. The van der Waals surface area contributed by atoms with Gasteiger partial charge in [0.1, 0.15) is 6.29 Å². The van der Waals surface area contributed by atoms with E-state index in [9.17, 15) is 4.79 Å². The molecule has 0 amide bonds. The Morgan fingerprint density at radius 3 is 2.73 bits per heavy atom. The van der Waals surface area contributed by atoms with Crippen molar-refractivity contribution in [3.05, 3.63) is 12.2 Å². The third-order valence-electron chi connectivity index (χ3n) is 1.40. The Kier molecular flexibility index (Phi) is 7.59. The van der Waals surface area contributed by atoms with Gasteiger partial charge >= 0.3 is 0 Å². The van der Waals surface area contributed by atoms with Crippen molar-refractivity contribution in [2.24, 2.45) is 0 Å². The first kappa shape index (κ1) is 10.7. The summed E-state index contributed by atoms with van der Waals surface area (Å²) in [5, 5.41) is -0.287. The van der Waals surface area contributed by atoms with E-state index in [4.69, 9.17) is 11.6 Å². The number of allylic oxidation sites excluding steroid dienone is 2. The number of halogens is 1. The Hall–Kier alpha value is -0.300. The number of unbranched alkanes of at least 4 members (excludes halogenated alkanes) is 1. The summed E-state index contributed by atoms with van der Waals surface area (Å²) in [6.07, 6.45) is 8.97. The van der Waals surface area contributed by atoms with Crippen molar-refractivity contribution in [3.63, 3.8) is 0 Å². The Morgan fingerprint density at radius 1 is 1.45 bits per heavy atom. The minimum absolute atomic E-state index is 0.287. The molecule has 0 saturated carbocycles. The average molecular weight is 175 g/mol. The summed E-state index contributed by atoms with van der Waals surface area (Å²) < 4.78 is 0. The molecule has 0 unspecified atom stereocenters. The molecular weight excluding hydrogens is 160 g/mol.